The summed E-state index contributed by atoms with van der Waals surface area (Å²) in [7, 11) is 0. The van der Waals surface area contributed by atoms with E-state index in [9.17, 15) is 9.18 Å². The molecule has 0 saturated carbocycles. The number of nitrogens with zero attached hydrogens (tertiary/aromatic N) is 3. The molecule has 1 aromatic heterocycles. The van der Waals surface area contributed by atoms with E-state index in [0.29, 0.717) is 28.2 Å². The summed E-state index contributed by atoms with van der Waals surface area (Å²) in [5.74, 6) is 1.36. The van der Waals surface area contributed by atoms with Gasteiger partial charge in [-0.3, -0.25) is 4.79 Å². The van der Waals surface area contributed by atoms with Crippen LogP contribution in [0.1, 0.15) is 11.4 Å². The van der Waals surface area contributed by atoms with Crippen molar-refractivity contribution in [1.29, 1.82) is 0 Å². The summed E-state index contributed by atoms with van der Waals surface area (Å²) < 4.78 is 19.9. The number of benzene rings is 3. The van der Waals surface area contributed by atoms with Gasteiger partial charge in [0.25, 0.3) is 5.56 Å². The van der Waals surface area contributed by atoms with E-state index in [0.717, 1.165) is 5.56 Å². The van der Waals surface area contributed by atoms with Crippen LogP contribution in [0.2, 0.25) is 0 Å². The number of rotatable bonds is 4. The molecule has 0 saturated heterocycles. The molecule has 5 nitrogen and oxygen atoms in total. The SMILES string of the molecule is Cc1nc2ccccc2c(=O)n1/N=C/c1ccc(Oc2ccc(F)cc2)cc1. The lowest BCUT2D eigenvalue weighted by Gasteiger charge is -2.06. The predicted molar refractivity (Wildman–Crippen MR) is 107 cm³/mol. The minimum absolute atomic E-state index is 0.212. The molecule has 0 fully saturated rings. The highest BCUT2D eigenvalue weighted by Gasteiger charge is 2.06. The normalized spacial score (nSPS) is 11.2. The number of aromatic nitrogens is 2. The Bertz CT molecular complexity index is 1210. The van der Waals surface area contributed by atoms with Crippen molar-refractivity contribution in [3.63, 3.8) is 0 Å². The molecule has 0 bridgehead atoms. The minimum Gasteiger partial charge on any atom is -0.457 e. The maximum Gasteiger partial charge on any atom is 0.282 e. The van der Waals surface area contributed by atoms with Gasteiger partial charge >= 0.3 is 0 Å². The molecular weight excluding hydrogens is 357 g/mol. The van der Waals surface area contributed by atoms with Gasteiger partial charge in [-0.25, -0.2) is 9.37 Å². The predicted octanol–water partition coefficient (Wildman–Crippen LogP) is 4.52. The summed E-state index contributed by atoms with van der Waals surface area (Å²) in [5, 5.41) is 4.80. The third kappa shape index (κ3) is 3.66. The van der Waals surface area contributed by atoms with Crippen LogP contribution in [0.25, 0.3) is 10.9 Å². The van der Waals surface area contributed by atoms with Crippen molar-refractivity contribution in [3.8, 4) is 11.5 Å². The van der Waals surface area contributed by atoms with E-state index in [1.165, 1.54) is 16.8 Å². The van der Waals surface area contributed by atoms with E-state index in [1.807, 2.05) is 18.2 Å². The van der Waals surface area contributed by atoms with Crippen LogP contribution in [-0.2, 0) is 0 Å². The molecule has 3 aromatic carbocycles. The maximum absolute atomic E-state index is 12.9. The maximum atomic E-state index is 12.9. The van der Waals surface area contributed by atoms with Crippen LogP contribution in [0.3, 0.4) is 0 Å². The Kier molecular flexibility index (Phi) is 4.68. The van der Waals surface area contributed by atoms with E-state index in [2.05, 4.69) is 10.1 Å². The molecule has 0 unspecified atom stereocenters. The Balaban J connectivity index is 1.56. The zero-order chi connectivity index (χ0) is 19.5. The fourth-order valence-electron chi connectivity index (χ4n) is 2.76. The van der Waals surface area contributed by atoms with Crippen molar-refractivity contribution >= 4 is 17.1 Å². The van der Waals surface area contributed by atoms with Gasteiger partial charge in [0.15, 0.2) is 0 Å². The number of para-hydroxylation sites is 1. The van der Waals surface area contributed by atoms with Crippen molar-refractivity contribution in [3.05, 3.63) is 100 Å². The molecule has 6 heteroatoms. The molecule has 28 heavy (non-hydrogen) atoms. The lowest BCUT2D eigenvalue weighted by molar-refractivity contribution is 0.480. The lowest BCUT2D eigenvalue weighted by atomic mass is 10.2. The Morgan fingerprint density at radius 3 is 2.32 bits per heavy atom. The third-order valence-electron chi connectivity index (χ3n) is 4.17. The van der Waals surface area contributed by atoms with E-state index >= 15 is 0 Å². The van der Waals surface area contributed by atoms with Gasteiger partial charge in [-0.2, -0.15) is 9.78 Å². The number of ether oxygens (including phenoxy) is 1. The summed E-state index contributed by atoms with van der Waals surface area (Å²) >= 11 is 0. The molecule has 0 amide bonds. The number of hydrogen-bond acceptors (Lipinski definition) is 4. The number of hydrogen-bond donors (Lipinski definition) is 0. The van der Waals surface area contributed by atoms with Crippen LogP contribution in [0.4, 0.5) is 4.39 Å². The molecule has 0 aliphatic heterocycles. The van der Waals surface area contributed by atoms with E-state index in [-0.39, 0.29) is 11.4 Å². The fraction of sp³-hybridized carbons (Fsp3) is 0.0455. The average molecular weight is 373 g/mol. The molecule has 0 N–H and O–H groups in total. The first-order valence-corrected chi connectivity index (χ1v) is 8.66. The molecule has 0 spiro atoms. The molecule has 0 atom stereocenters. The van der Waals surface area contributed by atoms with Crippen molar-refractivity contribution in [2.75, 3.05) is 0 Å². The Morgan fingerprint density at radius 2 is 1.61 bits per heavy atom. The molecule has 0 aliphatic carbocycles. The summed E-state index contributed by atoms with van der Waals surface area (Å²) in [6.45, 7) is 1.74. The highest BCUT2D eigenvalue weighted by Crippen LogP contribution is 2.21. The highest BCUT2D eigenvalue weighted by molar-refractivity contribution is 5.80. The van der Waals surface area contributed by atoms with Gasteiger partial charge in [0, 0.05) is 0 Å². The Hall–Kier alpha value is -3.80. The number of aryl methyl sites for hydroxylation is 1. The standard InChI is InChI=1S/C22H16FN3O2/c1-15-25-21-5-3-2-4-20(21)22(27)26(15)24-14-16-6-10-18(11-7-16)28-19-12-8-17(23)9-13-19/h2-14H,1H3/b24-14+. The fourth-order valence-corrected chi connectivity index (χ4v) is 2.76. The molecule has 4 aromatic rings. The summed E-state index contributed by atoms with van der Waals surface area (Å²) in [6, 6.07) is 20.2. The lowest BCUT2D eigenvalue weighted by Crippen LogP contribution is -2.20. The summed E-state index contributed by atoms with van der Waals surface area (Å²) in [4.78, 5) is 17.0. The first kappa shape index (κ1) is 17.6. The molecule has 138 valence electrons. The summed E-state index contributed by atoms with van der Waals surface area (Å²) in [5.41, 5.74) is 1.24. The molecular formula is C22H16FN3O2. The Labute approximate surface area is 160 Å². The molecule has 4 rings (SSSR count). The van der Waals surface area contributed by atoms with E-state index in [4.69, 9.17) is 4.74 Å². The first-order valence-electron chi connectivity index (χ1n) is 8.66. The third-order valence-corrected chi connectivity index (χ3v) is 4.17. The van der Waals surface area contributed by atoms with Crippen molar-refractivity contribution in [2.24, 2.45) is 5.10 Å². The second kappa shape index (κ2) is 7.44. The average Bonchev–Trinajstić information content (AvgIpc) is 2.71. The van der Waals surface area contributed by atoms with Gasteiger partial charge in [0.2, 0.25) is 0 Å². The molecule has 0 radical (unpaired) electrons. The molecule has 0 aliphatic rings. The highest BCUT2D eigenvalue weighted by atomic mass is 19.1. The van der Waals surface area contributed by atoms with Crippen molar-refractivity contribution in [1.82, 2.24) is 9.66 Å². The largest absolute Gasteiger partial charge is 0.457 e. The van der Waals surface area contributed by atoms with Crippen LogP contribution in [0, 0.1) is 12.7 Å². The quantitative estimate of drug-likeness (QED) is 0.494. The smallest absolute Gasteiger partial charge is 0.282 e. The van der Waals surface area contributed by atoms with Crippen LogP contribution in [0.15, 0.2) is 82.7 Å². The van der Waals surface area contributed by atoms with Gasteiger partial charge in [0.05, 0.1) is 17.1 Å². The Morgan fingerprint density at radius 1 is 0.964 bits per heavy atom. The van der Waals surface area contributed by atoms with Gasteiger partial charge in [-0.1, -0.05) is 12.1 Å². The van der Waals surface area contributed by atoms with E-state index < -0.39 is 0 Å². The zero-order valence-electron chi connectivity index (χ0n) is 15.0. The van der Waals surface area contributed by atoms with Crippen molar-refractivity contribution in [2.45, 2.75) is 6.92 Å². The monoisotopic (exact) mass is 373 g/mol. The van der Waals surface area contributed by atoms with Crippen LogP contribution in [0.5, 0.6) is 11.5 Å². The first-order chi connectivity index (χ1) is 13.6. The number of halogens is 1. The van der Waals surface area contributed by atoms with Crippen molar-refractivity contribution < 1.29 is 9.13 Å². The van der Waals surface area contributed by atoms with Crippen LogP contribution >= 0.6 is 0 Å². The second-order valence-corrected chi connectivity index (χ2v) is 6.16. The molecule has 1 heterocycles. The summed E-state index contributed by atoms with van der Waals surface area (Å²) in [6.07, 6.45) is 1.59. The van der Waals surface area contributed by atoms with Gasteiger partial charge in [0.1, 0.15) is 23.1 Å². The van der Waals surface area contributed by atoms with Gasteiger partial charge < -0.3 is 4.74 Å². The zero-order valence-corrected chi connectivity index (χ0v) is 15.0. The topological polar surface area (TPSA) is 56.5 Å². The van der Waals surface area contributed by atoms with Gasteiger partial charge in [-0.05, 0) is 73.2 Å². The van der Waals surface area contributed by atoms with Gasteiger partial charge in [-0.15, -0.1) is 0 Å². The second-order valence-electron chi connectivity index (χ2n) is 6.16. The number of fused-ring (bicyclic) bond motifs is 1. The van der Waals surface area contributed by atoms with Crippen LogP contribution in [-0.4, -0.2) is 15.9 Å². The minimum atomic E-state index is -0.312. The van der Waals surface area contributed by atoms with E-state index in [1.54, 1.807) is 55.6 Å². The van der Waals surface area contributed by atoms with Crippen LogP contribution < -0.4 is 10.3 Å².